The molecule has 0 aliphatic heterocycles. The van der Waals surface area contributed by atoms with E-state index >= 15 is 0 Å². The summed E-state index contributed by atoms with van der Waals surface area (Å²) in [6.45, 7) is 2.12. The highest BCUT2D eigenvalue weighted by Gasteiger charge is 1.99. The molecule has 0 heterocycles. The van der Waals surface area contributed by atoms with Gasteiger partial charge in [0.05, 0.1) is 7.11 Å². The van der Waals surface area contributed by atoms with Gasteiger partial charge in [0.1, 0.15) is 0 Å². The van der Waals surface area contributed by atoms with Gasteiger partial charge < -0.3 is 4.74 Å². The molecule has 1 rings (SSSR count). The Bertz CT molecular complexity index is 354. The molecule has 0 fully saturated rings. The molecule has 0 atom stereocenters. The van der Waals surface area contributed by atoms with Crippen LogP contribution in [-0.4, -0.2) is 13.1 Å². The van der Waals surface area contributed by atoms with E-state index in [0.29, 0.717) is 6.42 Å². The zero-order valence-corrected chi connectivity index (χ0v) is 12.3. The van der Waals surface area contributed by atoms with Crippen LogP contribution in [0.1, 0.15) is 56.1 Å². The van der Waals surface area contributed by atoms with Crippen molar-refractivity contribution in [2.75, 3.05) is 7.11 Å². The van der Waals surface area contributed by atoms with E-state index in [4.69, 9.17) is 0 Å². The molecule has 0 aliphatic rings. The van der Waals surface area contributed by atoms with Gasteiger partial charge in [-0.05, 0) is 31.7 Å². The maximum Gasteiger partial charge on any atom is 0.305 e. The van der Waals surface area contributed by atoms with Crippen molar-refractivity contribution in [2.45, 2.75) is 58.3 Å². The monoisotopic (exact) mass is 262 g/mol. The molecular formula is C17H26O2. The number of aryl methyl sites for hydroxylation is 2. The second kappa shape index (κ2) is 9.60. The number of methoxy groups -OCH3 is 1. The fourth-order valence-corrected chi connectivity index (χ4v) is 2.16. The molecule has 1 aromatic rings. The van der Waals surface area contributed by atoms with Crippen LogP contribution in [0.2, 0.25) is 0 Å². The van der Waals surface area contributed by atoms with Crippen LogP contribution in [0.25, 0.3) is 0 Å². The van der Waals surface area contributed by atoms with Crippen LogP contribution in [0, 0.1) is 6.92 Å². The van der Waals surface area contributed by atoms with Gasteiger partial charge in [0.2, 0.25) is 0 Å². The van der Waals surface area contributed by atoms with E-state index in [1.807, 2.05) is 0 Å². The van der Waals surface area contributed by atoms with Gasteiger partial charge >= 0.3 is 5.97 Å². The lowest BCUT2D eigenvalue weighted by Crippen LogP contribution is -1.99. The first-order chi connectivity index (χ1) is 9.22. The minimum absolute atomic E-state index is 0.0839. The lowest BCUT2D eigenvalue weighted by molar-refractivity contribution is -0.140. The van der Waals surface area contributed by atoms with Crippen LogP contribution in [0.3, 0.4) is 0 Å². The Morgan fingerprint density at radius 1 is 0.947 bits per heavy atom. The molecule has 0 bridgehead atoms. The van der Waals surface area contributed by atoms with E-state index in [-0.39, 0.29) is 5.97 Å². The Labute approximate surface area is 117 Å². The Kier molecular flexibility index (Phi) is 7.95. The minimum atomic E-state index is -0.0839. The molecule has 19 heavy (non-hydrogen) atoms. The standard InChI is InChI=1S/C17H26O2/c1-15-11-13-16(14-12-15)9-7-5-3-4-6-8-10-17(18)19-2/h11-14H,3-10H2,1-2H3. The van der Waals surface area contributed by atoms with Gasteiger partial charge in [0.15, 0.2) is 0 Å². The molecule has 2 nitrogen and oxygen atoms in total. The minimum Gasteiger partial charge on any atom is -0.469 e. The van der Waals surface area contributed by atoms with Crippen LogP contribution >= 0.6 is 0 Å². The Morgan fingerprint density at radius 3 is 2.16 bits per heavy atom. The molecule has 0 amide bonds. The normalized spacial score (nSPS) is 10.4. The summed E-state index contributed by atoms with van der Waals surface area (Å²) in [7, 11) is 1.45. The van der Waals surface area contributed by atoms with E-state index in [1.165, 1.54) is 50.3 Å². The predicted octanol–water partition coefficient (Wildman–Crippen LogP) is 4.44. The topological polar surface area (TPSA) is 26.3 Å². The summed E-state index contributed by atoms with van der Waals surface area (Å²) in [5.74, 6) is -0.0839. The second-order valence-corrected chi connectivity index (χ2v) is 5.18. The van der Waals surface area contributed by atoms with Crippen LogP contribution in [-0.2, 0) is 16.0 Å². The highest BCUT2D eigenvalue weighted by atomic mass is 16.5. The number of carbonyl (C=O) groups is 1. The van der Waals surface area contributed by atoms with E-state index in [2.05, 4.69) is 35.9 Å². The third kappa shape index (κ3) is 7.66. The average Bonchev–Trinajstić information content (AvgIpc) is 2.43. The summed E-state index contributed by atoms with van der Waals surface area (Å²) < 4.78 is 4.61. The van der Waals surface area contributed by atoms with E-state index < -0.39 is 0 Å². The number of rotatable bonds is 9. The van der Waals surface area contributed by atoms with Crippen molar-refractivity contribution in [3.05, 3.63) is 35.4 Å². The highest BCUT2D eigenvalue weighted by Crippen LogP contribution is 2.11. The first-order valence-electron chi connectivity index (χ1n) is 7.34. The summed E-state index contributed by atoms with van der Waals surface area (Å²) in [5, 5.41) is 0. The smallest absolute Gasteiger partial charge is 0.305 e. The number of hydrogen-bond acceptors (Lipinski definition) is 2. The Hall–Kier alpha value is -1.31. The lowest BCUT2D eigenvalue weighted by Gasteiger charge is -2.03. The zero-order valence-electron chi connectivity index (χ0n) is 12.3. The highest BCUT2D eigenvalue weighted by molar-refractivity contribution is 5.68. The van der Waals surface area contributed by atoms with Gasteiger partial charge in [-0.1, -0.05) is 55.5 Å². The molecule has 106 valence electrons. The fraction of sp³-hybridized carbons (Fsp3) is 0.588. The number of benzene rings is 1. The SMILES string of the molecule is COC(=O)CCCCCCCCc1ccc(C)cc1. The number of esters is 1. The van der Waals surface area contributed by atoms with Gasteiger partial charge in [-0.2, -0.15) is 0 Å². The van der Waals surface area contributed by atoms with E-state index in [1.54, 1.807) is 0 Å². The number of ether oxygens (including phenoxy) is 1. The van der Waals surface area contributed by atoms with Gasteiger partial charge in [-0.15, -0.1) is 0 Å². The molecule has 1 aromatic carbocycles. The Balaban J connectivity index is 1.94. The summed E-state index contributed by atoms with van der Waals surface area (Å²) in [5.41, 5.74) is 2.77. The van der Waals surface area contributed by atoms with Crippen molar-refractivity contribution in [3.63, 3.8) is 0 Å². The third-order valence-electron chi connectivity index (χ3n) is 3.44. The Morgan fingerprint density at radius 2 is 1.53 bits per heavy atom. The quantitative estimate of drug-likeness (QED) is 0.486. The maximum absolute atomic E-state index is 10.9. The molecule has 0 unspecified atom stereocenters. The van der Waals surface area contributed by atoms with Crippen molar-refractivity contribution in [3.8, 4) is 0 Å². The van der Waals surface area contributed by atoms with Crippen molar-refractivity contribution >= 4 is 5.97 Å². The maximum atomic E-state index is 10.9. The molecule has 0 aliphatic carbocycles. The summed E-state index contributed by atoms with van der Waals surface area (Å²) in [4.78, 5) is 10.9. The number of unbranched alkanes of at least 4 members (excludes halogenated alkanes) is 5. The zero-order chi connectivity index (χ0) is 13.9. The molecule has 2 heteroatoms. The molecule has 0 radical (unpaired) electrons. The van der Waals surface area contributed by atoms with Gasteiger partial charge in [-0.3, -0.25) is 4.79 Å². The van der Waals surface area contributed by atoms with Crippen molar-refractivity contribution in [1.82, 2.24) is 0 Å². The van der Waals surface area contributed by atoms with Gasteiger partial charge in [0, 0.05) is 6.42 Å². The van der Waals surface area contributed by atoms with E-state index in [0.717, 1.165) is 12.8 Å². The molecule has 0 spiro atoms. The van der Waals surface area contributed by atoms with Crippen LogP contribution in [0.4, 0.5) is 0 Å². The summed E-state index contributed by atoms with van der Waals surface area (Å²) >= 11 is 0. The van der Waals surface area contributed by atoms with Crippen molar-refractivity contribution in [1.29, 1.82) is 0 Å². The molecule has 0 aromatic heterocycles. The molecule has 0 saturated carbocycles. The third-order valence-corrected chi connectivity index (χ3v) is 3.44. The fourth-order valence-electron chi connectivity index (χ4n) is 2.16. The largest absolute Gasteiger partial charge is 0.469 e. The van der Waals surface area contributed by atoms with Crippen LogP contribution < -0.4 is 0 Å². The van der Waals surface area contributed by atoms with Crippen LogP contribution in [0.15, 0.2) is 24.3 Å². The first-order valence-corrected chi connectivity index (χ1v) is 7.34. The molecule has 0 N–H and O–H groups in total. The predicted molar refractivity (Wildman–Crippen MR) is 79.2 cm³/mol. The van der Waals surface area contributed by atoms with Gasteiger partial charge in [-0.25, -0.2) is 0 Å². The van der Waals surface area contributed by atoms with E-state index in [9.17, 15) is 4.79 Å². The van der Waals surface area contributed by atoms with Crippen LogP contribution in [0.5, 0.6) is 0 Å². The summed E-state index contributed by atoms with van der Waals surface area (Å²) in [6, 6.07) is 8.82. The van der Waals surface area contributed by atoms with Gasteiger partial charge in [0.25, 0.3) is 0 Å². The molecule has 0 saturated heterocycles. The number of hydrogen-bond donors (Lipinski definition) is 0. The second-order valence-electron chi connectivity index (χ2n) is 5.18. The lowest BCUT2D eigenvalue weighted by atomic mass is 10.0. The number of carbonyl (C=O) groups excluding carboxylic acids is 1. The van der Waals surface area contributed by atoms with Crippen molar-refractivity contribution in [2.24, 2.45) is 0 Å². The molecular weight excluding hydrogens is 236 g/mol. The van der Waals surface area contributed by atoms with Crippen molar-refractivity contribution < 1.29 is 9.53 Å². The summed E-state index contributed by atoms with van der Waals surface area (Å²) in [6.07, 6.45) is 8.90. The average molecular weight is 262 g/mol. The first kappa shape index (κ1) is 15.7.